The summed E-state index contributed by atoms with van der Waals surface area (Å²) in [5.41, 5.74) is 1.79. The molecule has 1 aromatic heterocycles. The van der Waals surface area contributed by atoms with E-state index in [-0.39, 0.29) is 18.5 Å². The van der Waals surface area contributed by atoms with Crippen molar-refractivity contribution in [1.82, 2.24) is 15.1 Å². The summed E-state index contributed by atoms with van der Waals surface area (Å²) in [6.45, 7) is 3.15. The first-order valence-electron chi connectivity index (χ1n) is 8.41. The van der Waals surface area contributed by atoms with Gasteiger partial charge in [-0.3, -0.25) is 9.48 Å². The molecule has 1 aliphatic heterocycles. The van der Waals surface area contributed by atoms with E-state index in [4.69, 9.17) is 21.1 Å². The second-order valence-corrected chi connectivity index (χ2v) is 6.57. The molecule has 4 rings (SSSR count). The van der Waals surface area contributed by atoms with Crippen LogP contribution in [-0.4, -0.2) is 28.9 Å². The van der Waals surface area contributed by atoms with Gasteiger partial charge in [0.15, 0.2) is 11.5 Å². The van der Waals surface area contributed by atoms with Crippen molar-refractivity contribution in [3.8, 4) is 11.5 Å². The molecule has 0 bridgehead atoms. The van der Waals surface area contributed by atoms with Crippen LogP contribution < -0.4 is 14.8 Å². The van der Waals surface area contributed by atoms with E-state index in [9.17, 15) is 4.79 Å². The lowest BCUT2D eigenvalue weighted by Gasteiger charge is -2.21. The number of benzene rings is 2. The number of hydrogen-bond donors (Lipinski definition) is 1. The van der Waals surface area contributed by atoms with Gasteiger partial charge in [-0.2, -0.15) is 5.10 Å². The van der Waals surface area contributed by atoms with Crippen LogP contribution in [-0.2, 0) is 11.3 Å². The van der Waals surface area contributed by atoms with Gasteiger partial charge in [-0.15, -0.1) is 0 Å². The van der Waals surface area contributed by atoms with Crippen LogP contribution in [0.2, 0.25) is 5.02 Å². The Hall–Kier alpha value is -2.73. The molecule has 7 heteroatoms. The molecule has 0 aliphatic carbocycles. The van der Waals surface area contributed by atoms with Gasteiger partial charge < -0.3 is 14.8 Å². The van der Waals surface area contributed by atoms with Crippen molar-refractivity contribution in [3.05, 3.63) is 53.2 Å². The molecule has 1 amide bonds. The molecule has 0 saturated carbocycles. The number of ether oxygens (including phenoxy) is 2. The highest BCUT2D eigenvalue weighted by atomic mass is 35.5. The molecule has 134 valence electrons. The maximum Gasteiger partial charge on any atom is 0.242 e. The third-order valence-corrected chi connectivity index (χ3v) is 4.70. The quantitative estimate of drug-likeness (QED) is 0.764. The number of halogens is 1. The maximum atomic E-state index is 12.5. The molecule has 6 nitrogen and oxygen atoms in total. The molecule has 1 aliphatic rings. The molecule has 3 aromatic rings. The predicted octanol–water partition coefficient (Wildman–Crippen LogP) is 3.34. The maximum absolute atomic E-state index is 12.5. The van der Waals surface area contributed by atoms with E-state index < -0.39 is 0 Å². The lowest BCUT2D eigenvalue weighted by molar-refractivity contribution is -0.122. The lowest BCUT2D eigenvalue weighted by atomic mass is 10.1. The standard InChI is InChI=1S/C19H18ClN3O3/c1-12(13-5-6-17-18(9-13)26-8-7-25-17)22-19(24)11-23-16-4-2-3-15(20)14(16)10-21-23/h2-6,9-10,12H,7-8,11H2,1H3,(H,22,24). The van der Waals surface area contributed by atoms with E-state index in [1.165, 1.54) is 0 Å². The third-order valence-electron chi connectivity index (χ3n) is 4.37. The summed E-state index contributed by atoms with van der Waals surface area (Å²) in [4.78, 5) is 12.5. The van der Waals surface area contributed by atoms with Gasteiger partial charge in [0.2, 0.25) is 5.91 Å². The fourth-order valence-electron chi connectivity index (χ4n) is 3.03. The third kappa shape index (κ3) is 3.20. The monoisotopic (exact) mass is 371 g/mol. The smallest absolute Gasteiger partial charge is 0.242 e. The largest absolute Gasteiger partial charge is 0.486 e. The van der Waals surface area contributed by atoms with Crippen LogP contribution in [0.15, 0.2) is 42.6 Å². The van der Waals surface area contributed by atoms with Gasteiger partial charge in [0.05, 0.1) is 22.8 Å². The van der Waals surface area contributed by atoms with Crippen LogP contribution >= 0.6 is 11.6 Å². The summed E-state index contributed by atoms with van der Waals surface area (Å²) >= 11 is 6.15. The Bertz CT molecular complexity index is 970. The van der Waals surface area contributed by atoms with Crippen molar-refractivity contribution < 1.29 is 14.3 Å². The zero-order valence-electron chi connectivity index (χ0n) is 14.2. The van der Waals surface area contributed by atoms with Gasteiger partial charge in [-0.1, -0.05) is 23.7 Å². The van der Waals surface area contributed by atoms with Crippen LogP contribution in [0.4, 0.5) is 0 Å². The number of carbonyl (C=O) groups is 1. The summed E-state index contributed by atoms with van der Waals surface area (Å²) in [7, 11) is 0. The highest BCUT2D eigenvalue weighted by Crippen LogP contribution is 2.32. The van der Waals surface area contributed by atoms with Gasteiger partial charge in [-0.25, -0.2) is 0 Å². The Morgan fingerprint density at radius 1 is 1.27 bits per heavy atom. The van der Waals surface area contributed by atoms with E-state index in [0.29, 0.717) is 24.0 Å². The van der Waals surface area contributed by atoms with E-state index in [1.807, 2.05) is 37.3 Å². The summed E-state index contributed by atoms with van der Waals surface area (Å²) < 4.78 is 12.8. The highest BCUT2D eigenvalue weighted by molar-refractivity contribution is 6.35. The van der Waals surface area contributed by atoms with E-state index in [1.54, 1.807) is 16.9 Å². The second-order valence-electron chi connectivity index (χ2n) is 6.17. The summed E-state index contributed by atoms with van der Waals surface area (Å²) in [6, 6.07) is 11.1. The van der Waals surface area contributed by atoms with Gasteiger partial charge in [0, 0.05) is 5.39 Å². The molecular weight excluding hydrogens is 354 g/mol. The molecule has 26 heavy (non-hydrogen) atoms. The van der Waals surface area contributed by atoms with Crippen LogP contribution in [0.3, 0.4) is 0 Å². The van der Waals surface area contributed by atoms with Crippen molar-refractivity contribution in [2.75, 3.05) is 13.2 Å². The number of nitrogens with one attached hydrogen (secondary N) is 1. The van der Waals surface area contributed by atoms with Gasteiger partial charge in [0.25, 0.3) is 0 Å². The minimum Gasteiger partial charge on any atom is -0.486 e. The number of aromatic nitrogens is 2. The molecule has 0 fully saturated rings. The summed E-state index contributed by atoms with van der Waals surface area (Å²) in [5, 5.41) is 8.72. The van der Waals surface area contributed by atoms with Crippen LogP contribution in [0.1, 0.15) is 18.5 Å². The normalized spacial score (nSPS) is 14.2. The van der Waals surface area contributed by atoms with Gasteiger partial charge in [-0.05, 0) is 36.8 Å². The molecule has 2 aromatic carbocycles. The Balaban J connectivity index is 1.46. The Kier molecular flexibility index (Phi) is 4.42. The summed E-state index contributed by atoms with van der Waals surface area (Å²) in [6.07, 6.45) is 1.68. The number of carbonyl (C=O) groups excluding carboxylic acids is 1. The molecule has 0 spiro atoms. The Morgan fingerprint density at radius 2 is 2.08 bits per heavy atom. The van der Waals surface area contributed by atoms with Crippen molar-refractivity contribution >= 4 is 28.4 Å². The first-order valence-corrected chi connectivity index (χ1v) is 8.78. The molecule has 1 N–H and O–H groups in total. The molecule has 1 unspecified atom stereocenters. The average molecular weight is 372 g/mol. The van der Waals surface area contributed by atoms with Crippen molar-refractivity contribution in [2.45, 2.75) is 19.5 Å². The Labute approximate surface area is 155 Å². The zero-order chi connectivity index (χ0) is 18.1. The fourth-order valence-corrected chi connectivity index (χ4v) is 3.25. The van der Waals surface area contributed by atoms with Crippen LogP contribution in [0.5, 0.6) is 11.5 Å². The lowest BCUT2D eigenvalue weighted by Crippen LogP contribution is -2.30. The Morgan fingerprint density at radius 3 is 2.92 bits per heavy atom. The number of nitrogens with zero attached hydrogens (tertiary/aromatic N) is 2. The fraction of sp³-hybridized carbons (Fsp3) is 0.263. The van der Waals surface area contributed by atoms with Crippen molar-refractivity contribution in [3.63, 3.8) is 0 Å². The SMILES string of the molecule is CC(NC(=O)Cn1ncc2c(Cl)cccc21)c1ccc2c(c1)OCCO2. The van der Waals surface area contributed by atoms with E-state index >= 15 is 0 Å². The molecule has 2 heterocycles. The number of rotatable bonds is 4. The molecular formula is C19H18ClN3O3. The predicted molar refractivity (Wildman–Crippen MR) is 98.7 cm³/mol. The average Bonchev–Trinajstić information content (AvgIpc) is 3.05. The molecule has 0 saturated heterocycles. The number of amides is 1. The summed E-state index contributed by atoms with van der Waals surface area (Å²) in [5.74, 6) is 1.32. The van der Waals surface area contributed by atoms with E-state index in [0.717, 1.165) is 22.2 Å². The van der Waals surface area contributed by atoms with E-state index in [2.05, 4.69) is 10.4 Å². The van der Waals surface area contributed by atoms with Crippen LogP contribution in [0.25, 0.3) is 10.9 Å². The van der Waals surface area contributed by atoms with Crippen molar-refractivity contribution in [1.29, 1.82) is 0 Å². The first kappa shape index (κ1) is 16.7. The topological polar surface area (TPSA) is 65.4 Å². The number of fused-ring (bicyclic) bond motifs is 2. The second kappa shape index (κ2) is 6.88. The van der Waals surface area contributed by atoms with Gasteiger partial charge in [0.1, 0.15) is 19.8 Å². The molecule has 1 atom stereocenters. The minimum atomic E-state index is -0.163. The number of hydrogen-bond acceptors (Lipinski definition) is 4. The highest BCUT2D eigenvalue weighted by Gasteiger charge is 2.16. The van der Waals surface area contributed by atoms with Gasteiger partial charge >= 0.3 is 0 Å². The molecule has 0 radical (unpaired) electrons. The van der Waals surface area contributed by atoms with Crippen LogP contribution in [0, 0.1) is 0 Å². The zero-order valence-corrected chi connectivity index (χ0v) is 15.0. The first-order chi connectivity index (χ1) is 12.6. The minimum absolute atomic E-state index is 0.124. The van der Waals surface area contributed by atoms with Crippen molar-refractivity contribution in [2.24, 2.45) is 0 Å².